The normalized spacial score (nSPS) is 15.7. The molecule has 0 atom stereocenters. The molecule has 29 heavy (non-hydrogen) atoms. The van der Waals surface area contributed by atoms with E-state index in [4.69, 9.17) is 11.6 Å². The lowest BCUT2D eigenvalue weighted by Gasteiger charge is -2.22. The van der Waals surface area contributed by atoms with Gasteiger partial charge >= 0.3 is 0 Å². The van der Waals surface area contributed by atoms with Crippen molar-refractivity contribution in [1.82, 2.24) is 9.21 Å². The Morgan fingerprint density at radius 2 is 1.72 bits per heavy atom. The Morgan fingerprint density at radius 3 is 2.38 bits per heavy atom. The van der Waals surface area contributed by atoms with Gasteiger partial charge in [-0.05, 0) is 49.1 Å². The predicted molar refractivity (Wildman–Crippen MR) is 116 cm³/mol. The van der Waals surface area contributed by atoms with E-state index >= 15 is 0 Å². The number of nitrogens with zero attached hydrogens (tertiary/aromatic N) is 2. The van der Waals surface area contributed by atoms with Crippen molar-refractivity contribution in [3.05, 3.63) is 64.2 Å². The highest BCUT2D eigenvalue weighted by atomic mass is 35.5. The van der Waals surface area contributed by atoms with E-state index in [1.807, 2.05) is 31.2 Å². The Bertz CT molecular complexity index is 983. The van der Waals surface area contributed by atoms with Gasteiger partial charge in [-0.3, -0.25) is 4.79 Å². The molecule has 1 fully saturated rings. The molecule has 0 aromatic heterocycles. The third kappa shape index (κ3) is 5.00. The van der Waals surface area contributed by atoms with E-state index in [1.165, 1.54) is 16.4 Å². The molecule has 1 aliphatic rings. The molecule has 0 saturated carbocycles. The summed E-state index contributed by atoms with van der Waals surface area (Å²) in [5, 5.41) is 0.146. The van der Waals surface area contributed by atoms with Gasteiger partial charge in [0.25, 0.3) is 5.91 Å². The molecule has 2 aromatic rings. The fourth-order valence-corrected chi connectivity index (χ4v) is 5.61. The molecule has 7 heteroatoms. The summed E-state index contributed by atoms with van der Waals surface area (Å²) in [6.07, 6.45) is 3.74. The number of amides is 1. The molecule has 2 aromatic carbocycles. The van der Waals surface area contributed by atoms with Crippen LogP contribution in [0.1, 0.15) is 47.2 Å². The molecule has 0 aliphatic carbocycles. The molecule has 0 bridgehead atoms. The van der Waals surface area contributed by atoms with Crippen LogP contribution in [0.3, 0.4) is 0 Å². The molecular formula is C22H27ClN2O3S. The third-order valence-electron chi connectivity index (χ3n) is 5.38. The quantitative estimate of drug-likeness (QED) is 0.696. The minimum atomic E-state index is -3.73. The summed E-state index contributed by atoms with van der Waals surface area (Å²) in [6.45, 7) is 3.43. The maximum Gasteiger partial charge on any atom is 0.253 e. The van der Waals surface area contributed by atoms with Crippen LogP contribution in [0.25, 0.3) is 0 Å². The number of aryl methyl sites for hydroxylation is 1. The number of carbonyl (C=O) groups is 1. The highest BCUT2D eigenvalue weighted by molar-refractivity contribution is 7.89. The molecule has 1 saturated heterocycles. The molecule has 0 N–H and O–H groups in total. The van der Waals surface area contributed by atoms with Crippen molar-refractivity contribution >= 4 is 27.5 Å². The molecule has 5 nitrogen and oxygen atoms in total. The van der Waals surface area contributed by atoms with Crippen LogP contribution in [-0.2, 0) is 16.6 Å². The summed E-state index contributed by atoms with van der Waals surface area (Å²) in [7, 11) is -2.02. The van der Waals surface area contributed by atoms with Crippen molar-refractivity contribution in [2.24, 2.45) is 0 Å². The lowest BCUT2D eigenvalue weighted by atomic mass is 10.1. The van der Waals surface area contributed by atoms with Crippen molar-refractivity contribution < 1.29 is 13.2 Å². The second-order valence-electron chi connectivity index (χ2n) is 7.55. The molecule has 3 rings (SSSR count). The first-order chi connectivity index (χ1) is 13.8. The van der Waals surface area contributed by atoms with Gasteiger partial charge in [0.1, 0.15) is 4.90 Å². The van der Waals surface area contributed by atoms with Crippen LogP contribution in [0.2, 0.25) is 5.02 Å². The van der Waals surface area contributed by atoms with Gasteiger partial charge in [0, 0.05) is 32.2 Å². The van der Waals surface area contributed by atoms with Crippen molar-refractivity contribution in [3.8, 4) is 0 Å². The molecule has 1 heterocycles. The topological polar surface area (TPSA) is 57.7 Å². The SMILES string of the molecule is Cc1ccccc1CN(C)C(=O)c1ccc(Cl)c(S(=O)(=O)N2CCCCCC2)c1. The number of carbonyl (C=O) groups excluding carboxylic acids is 1. The van der Waals surface area contributed by atoms with E-state index in [9.17, 15) is 13.2 Å². The summed E-state index contributed by atoms with van der Waals surface area (Å²) in [5.41, 5.74) is 2.47. The molecule has 1 aliphatic heterocycles. The van der Waals surface area contributed by atoms with Gasteiger partial charge in [-0.1, -0.05) is 48.7 Å². The first-order valence-electron chi connectivity index (χ1n) is 9.90. The van der Waals surface area contributed by atoms with Crippen LogP contribution >= 0.6 is 11.6 Å². The summed E-state index contributed by atoms with van der Waals surface area (Å²) < 4.78 is 27.8. The van der Waals surface area contributed by atoms with Gasteiger partial charge in [0.15, 0.2) is 0 Å². The lowest BCUT2D eigenvalue weighted by Crippen LogP contribution is -2.32. The Morgan fingerprint density at radius 1 is 1.07 bits per heavy atom. The van der Waals surface area contributed by atoms with Gasteiger partial charge in [-0.15, -0.1) is 0 Å². The van der Waals surface area contributed by atoms with Gasteiger partial charge in [-0.2, -0.15) is 4.31 Å². The molecule has 0 unspecified atom stereocenters. The molecule has 0 spiro atoms. The zero-order valence-electron chi connectivity index (χ0n) is 16.9. The number of hydrogen-bond acceptors (Lipinski definition) is 3. The zero-order valence-corrected chi connectivity index (χ0v) is 18.5. The Labute approximate surface area is 178 Å². The standard InChI is InChI=1S/C22H27ClN2O3S/c1-17-9-5-6-10-19(17)16-24(2)22(26)18-11-12-20(23)21(15-18)29(27,28)25-13-7-3-4-8-14-25/h5-6,9-12,15H,3-4,7-8,13-14,16H2,1-2H3. The maximum absolute atomic E-state index is 13.2. The van der Waals surface area contributed by atoms with Crippen LogP contribution in [-0.4, -0.2) is 43.7 Å². The van der Waals surface area contributed by atoms with Crippen molar-refractivity contribution in [3.63, 3.8) is 0 Å². The van der Waals surface area contributed by atoms with Gasteiger partial charge < -0.3 is 4.90 Å². The molecule has 0 radical (unpaired) electrons. The highest BCUT2D eigenvalue weighted by Gasteiger charge is 2.28. The summed E-state index contributed by atoms with van der Waals surface area (Å²) in [6, 6.07) is 12.4. The summed E-state index contributed by atoms with van der Waals surface area (Å²) in [5.74, 6) is -0.239. The van der Waals surface area contributed by atoms with E-state index in [2.05, 4.69) is 0 Å². The smallest absolute Gasteiger partial charge is 0.253 e. The fraction of sp³-hybridized carbons (Fsp3) is 0.409. The number of benzene rings is 2. The van der Waals surface area contributed by atoms with Crippen LogP contribution in [0, 0.1) is 6.92 Å². The molecular weight excluding hydrogens is 408 g/mol. The van der Waals surface area contributed by atoms with Crippen molar-refractivity contribution in [2.75, 3.05) is 20.1 Å². The average molecular weight is 435 g/mol. The number of rotatable bonds is 5. The minimum absolute atomic E-state index is 0.0104. The fourth-order valence-electron chi connectivity index (χ4n) is 3.59. The second kappa shape index (κ2) is 9.28. The van der Waals surface area contributed by atoms with E-state index in [0.29, 0.717) is 25.2 Å². The Kier molecular flexibility index (Phi) is 6.98. The Hall–Kier alpha value is -1.89. The van der Waals surface area contributed by atoms with Gasteiger partial charge in [-0.25, -0.2) is 8.42 Å². The summed E-state index contributed by atoms with van der Waals surface area (Å²) in [4.78, 5) is 14.6. The minimum Gasteiger partial charge on any atom is -0.337 e. The van der Waals surface area contributed by atoms with E-state index < -0.39 is 10.0 Å². The zero-order chi connectivity index (χ0) is 21.0. The van der Waals surface area contributed by atoms with Crippen LogP contribution in [0.15, 0.2) is 47.4 Å². The number of sulfonamides is 1. The molecule has 1 amide bonds. The largest absolute Gasteiger partial charge is 0.337 e. The maximum atomic E-state index is 13.2. The third-order valence-corrected chi connectivity index (χ3v) is 7.76. The van der Waals surface area contributed by atoms with E-state index in [1.54, 1.807) is 18.0 Å². The van der Waals surface area contributed by atoms with Gasteiger partial charge in [0.05, 0.1) is 5.02 Å². The summed E-state index contributed by atoms with van der Waals surface area (Å²) >= 11 is 6.24. The predicted octanol–water partition coefficient (Wildman–Crippen LogP) is 4.49. The lowest BCUT2D eigenvalue weighted by molar-refractivity contribution is 0.0784. The highest BCUT2D eigenvalue weighted by Crippen LogP contribution is 2.28. The van der Waals surface area contributed by atoms with E-state index in [0.717, 1.165) is 36.8 Å². The van der Waals surface area contributed by atoms with Crippen molar-refractivity contribution in [2.45, 2.75) is 44.0 Å². The number of hydrogen-bond donors (Lipinski definition) is 0. The monoisotopic (exact) mass is 434 g/mol. The first-order valence-corrected chi connectivity index (χ1v) is 11.7. The van der Waals surface area contributed by atoms with E-state index in [-0.39, 0.29) is 15.8 Å². The van der Waals surface area contributed by atoms with Crippen molar-refractivity contribution in [1.29, 1.82) is 0 Å². The van der Waals surface area contributed by atoms with Crippen LogP contribution in [0.4, 0.5) is 0 Å². The second-order valence-corrected chi connectivity index (χ2v) is 9.86. The first kappa shape index (κ1) is 21.8. The van der Waals surface area contributed by atoms with Gasteiger partial charge in [0.2, 0.25) is 10.0 Å². The Balaban J connectivity index is 1.86. The number of halogens is 1. The average Bonchev–Trinajstić information content (AvgIpc) is 2.99. The molecule has 156 valence electrons. The van der Waals surface area contributed by atoms with Crippen LogP contribution in [0.5, 0.6) is 0 Å². The van der Waals surface area contributed by atoms with Crippen LogP contribution < -0.4 is 0 Å².